The number of aromatic nitrogens is 6. The number of anilines is 1. The molecule has 156 valence electrons. The van der Waals surface area contributed by atoms with Crippen molar-refractivity contribution in [1.29, 1.82) is 0 Å². The van der Waals surface area contributed by atoms with E-state index in [-0.39, 0.29) is 5.95 Å². The van der Waals surface area contributed by atoms with Gasteiger partial charge in [0.2, 0.25) is 5.95 Å². The quantitative estimate of drug-likeness (QED) is 0.455. The van der Waals surface area contributed by atoms with Gasteiger partial charge in [-0.1, -0.05) is 11.6 Å². The maximum atomic E-state index is 6.47. The third-order valence-corrected chi connectivity index (χ3v) is 5.53. The van der Waals surface area contributed by atoms with E-state index >= 15 is 0 Å². The van der Waals surface area contributed by atoms with Crippen LogP contribution in [0.15, 0.2) is 31.1 Å². The van der Waals surface area contributed by atoms with E-state index in [1.165, 1.54) is 0 Å². The van der Waals surface area contributed by atoms with Crippen LogP contribution in [-0.4, -0.2) is 36.2 Å². The molecule has 0 aliphatic carbocycles. The van der Waals surface area contributed by atoms with Crippen LogP contribution in [0.4, 0.5) is 5.95 Å². The van der Waals surface area contributed by atoms with Crippen LogP contribution >= 0.6 is 11.6 Å². The van der Waals surface area contributed by atoms with E-state index in [9.17, 15) is 0 Å². The van der Waals surface area contributed by atoms with E-state index in [1.54, 1.807) is 13.3 Å². The molecule has 0 aromatic carbocycles. The number of ether oxygens (including phenoxy) is 1. The standard InChI is InChI=1S/C21H24ClN7O/c1-13-9-25-16(14(2)18(13)30-3)11-29-10-15(5-4-7-28-8-6-24-12-28)17-19(22)26-21(23)27-20(17)29/h6,8-10,12H,4-5,7,11H2,1-3H3,(H2,23,26,27). The predicted molar refractivity (Wildman–Crippen MR) is 117 cm³/mol. The van der Waals surface area contributed by atoms with Gasteiger partial charge in [0.1, 0.15) is 16.5 Å². The second kappa shape index (κ2) is 8.31. The van der Waals surface area contributed by atoms with Gasteiger partial charge in [0.25, 0.3) is 0 Å². The topological polar surface area (TPSA) is 96.7 Å². The highest BCUT2D eigenvalue weighted by Gasteiger charge is 2.17. The Kier molecular flexibility index (Phi) is 5.59. The minimum Gasteiger partial charge on any atom is -0.496 e. The Bertz CT molecular complexity index is 1180. The highest BCUT2D eigenvalue weighted by molar-refractivity contribution is 6.34. The van der Waals surface area contributed by atoms with Gasteiger partial charge in [-0.2, -0.15) is 4.98 Å². The molecule has 2 N–H and O–H groups in total. The second-order valence-corrected chi connectivity index (χ2v) is 7.66. The molecule has 0 saturated carbocycles. The van der Waals surface area contributed by atoms with Gasteiger partial charge < -0.3 is 19.6 Å². The fourth-order valence-corrected chi connectivity index (χ4v) is 4.10. The van der Waals surface area contributed by atoms with Gasteiger partial charge in [-0.15, -0.1) is 0 Å². The predicted octanol–water partition coefficient (Wildman–Crippen LogP) is 3.56. The van der Waals surface area contributed by atoms with E-state index in [4.69, 9.17) is 22.1 Å². The van der Waals surface area contributed by atoms with Crippen molar-refractivity contribution < 1.29 is 4.74 Å². The maximum absolute atomic E-state index is 6.47. The number of methoxy groups -OCH3 is 1. The average Bonchev–Trinajstić information content (AvgIpc) is 3.33. The van der Waals surface area contributed by atoms with E-state index < -0.39 is 0 Å². The third kappa shape index (κ3) is 3.82. The number of aryl methyl sites for hydroxylation is 3. The number of rotatable bonds is 7. The lowest BCUT2D eigenvalue weighted by Gasteiger charge is -2.13. The van der Waals surface area contributed by atoms with Crippen LogP contribution in [0.5, 0.6) is 5.75 Å². The molecular weight excluding hydrogens is 402 g/mol. The molecule has 0 saturated heterocycles. The summed E-state index contributed by atoms with van der Waals surface area (Å²) in [6.07, 6.45) is 11.2. The number of nitrogen functional groups attached to an aromatic ring is 1. The van der Waals surface area contributed by atoms with Gasteiger partial charge in [0.05, 0.1) is 31.1 Å². The molecule has 0 aliphatic rings. The Morgan fingerprint density at radius 1 is 1.23 bits per heavy atom. The Balaban J connectivity index is 1.69. The molecule has 0 unspecified atom stereocenters. The summed E-state index contributed by atoms with van der Waals surface area (Å²) in [5.41, 5.74) is 10.6. The number of imidazole rings is 1. The largest absolute Gasteiger partial charge is 0.496 e. The molecule has 0 radical (unpaired) electrons. The summed E-state index contributed by atoms with van der Waals surface area (Å²) in [6.45, 7) is 5.41. The highest BCUT2D eigenvalue weighted by atomic mass is 35.5. The molecule has 9 heteroatoms. The zero-order valence-corrected chi connectivity index (χ0v) is 18.0. The monoisotopic (exact) mass is 425 g/mol. The van der Waals surface area contributed by atoms with Crippen LogP contribution < -0.4 is 10.5 Å². The Hall–Kier alpha value is -3.13. The third-order valence-electron chi connectivity index (χ3n) is 5.26. The molecule has 4 heterocycles. The zero-order chi connectivity index (χ0) is 21.3. The number of fused-ring (bicyclic) bond motifs is 1. The fraction of sp³-hybridized carbons (Fsp3) is 0.333. The van der Waals surface area contributed by atoms with Gasteiger partial charge >= 0.3 is 0 Å². The SMILES string of the molecule is COc1c(C)cnc(Cn2cc(CCCn3ccnc3)c3c(Cl)nc(N)nc32)c1C. The van der Waals surface area contributed by atoms with Gasteiger partial charge in [-0.05, 0) is 32.3 Å². The number of hydrogen-bond donors (Lipinski definition) is 1. The first-order valence-corrected chi connectivity index (χ1v) is 10.1. The van der Waals surface area contributed by atoms with E-state index in [0.29, 0.717) is 17.3 Å². The van der Waals surface area contributed by atoms with Crippen molar-refractivity contribution in [1.82, 2.24) is 29.1 Å². The Morgan fingerprint density at radius 2 is 2.07 bits per heavy atom. The van der Waals surface area contributed by atoms with Crippen molar-refractivity contribution in [3.8, 4) is 5.75 Å². The smallest absolute Gasteiger partial charge is 0.223 e. The zero-order valence-electron chi connectivity index (χ0n) is 17.3. The van der Waals surface area contributed by atoms with Gasteiger partial charge in [-0.3, -0.25) is 4.98 Å². The summed E-state index contributed by atoms with van der Waals surface area (Å²) in [6, 6.07) is 0. The van der Waals surface area contributed by atoms with Crippen LogP contribution in [0.2, 0.25) is 5.15 Å². The summed E-state index contributed by atoms with van der Waals surface area (Å²) in [5.74, 6) is 1.01. The van der Waals surface area contributed by atoms with Crippen molar-refractivity contribution >= 4 is 28.6 Å². The summed E-state index contributed by atoms with van der Waals surface area (Å²) in [5, 5.41) is 1.22. The minimum atomic E-state index is 0.156. The molecule has 4 aromatic rings. The number of nitrogens with zero attached hydrogens (tertiary/aromatic N) is 6. The Morgan fingerprint density at radius 3 is 2.80 bits per heavy atom. The minimum absolute atomic E-state index is 0.156. The lowest BCUT2D eigenvalue weighted by Crippen LogP contribution is -2.07. The molecule has 30 heavy (non-hydrogen) atoms. The fourth-order valence-electron chi connectivity index (χ4n) is 3.81. The van der Waals surface area contributed by atoms with Gasteiger partial charge in [0.15, 0.2) is 0 Å². The molecule has 0 aliphatic heterocycles. The number of halogens is 1. The van der Waals surface area contributed by atoms with Crippen LogP contribution in [0.25, 0.3) is 11.0 Å². The molecule has 0 fully saturated rings. The molecule has 4 aromatic heterocycles. The van der Waals surface area contributed by atoms with Crippen molar-refractivity contribution in [2.24, 2.45) is 0 Å². The lowest BCUT2D eigenvalue weighted by molar-refractivity contribution is 0.406. The molecule has 0 atom stereocenters. The van der Waals surface area contributed by atoms with Crippen LogP contribution in [0.3, 0.4) is 0 Å². The van der Waals surface area contributed by atoms with Crippen LogP contribution in [0.1, 0.15) is 28.8 Å². The van der Waals surface area contributed by atoms with E-state index in [1.807, 2.05) is 37.1 Å². The molecule has 0 amide bonds. The summed E-state index contributed by atoms with van der Waals surface area (Å²) < 4.78 is 9.64. The maximum Gasteiger partial charge on any atom is 0.223 e. The van der Waals surface area contributed by atoms with E-state index in [0.717, 1.165) is 52.9 Å². The molecular formula is C21H24ClN7O. The number of pyridine rings is 1. The first-order valence-electron chi connectivity index (χ1n) is 9.73. The number of nitrogens with two attached hydrogens (primary N) is 1. The molecule has 4 rings (SSSR count). The molecule has 8 nitrogen and oxygen atoms in total. The first-order chi connectivity index (χ1) is 14.5. The van der Waals surface area contributed by atoms with Gasteiger partial charge in [0, 0.05) is 42.5 Å². The van der Waals surface area contributed by atoms with Crippen molar-refractivity contribution in [3.05, 3.63) is 58.7 Å². The van der Waals surface area contributed by atoms with Crippen LogP contribution in [-0.2, 0) is 19.5 Å². The van der Waals surface area contributed by atoms with E-state index in [2.05, 4.69) is 30.7 Å². The van der Waals surface area contributed by atoms with Crippen LogP contribution in [0, 0.1) is 13.8 Å². The van der Waals surface area contributed by atoms with Gasteiger partial charge in [-0.25, -0.2) is 9.97 Å². The van der Waals surface area contributed by atoms with Crippen molar-refractivity contribution in [3.63, 3.8) is 0 Å². The first kappa shape index (κ1) is 20.2. The summed E-state index contributed by atoms with van der Waals surface area (Å²) in [4.78, 5) is 17.3. The average molecular weight is 426 g/mol. The molecule has 0 spiro atoms. The number of hydrogen-bond acceptors (Lipinski definition) is 6. The summed E-state index contributed by atoms with van der Waals surface area (Å²) >= 11 is 6.47. The second-order valence-electron chi connectivity index (χ2n) is 7.30. The lowest BCUT2D eigenvalue weighted by atomic mass is 10.1. The normalized spacial score (nSPS) is 11.3. The Labute approximate surface area is 179 Å². The summed E-state index contributed by atoms with van der Waals surface area (Å²) in [7, 11) is 1.68. The van der Waals surface area contributed by atoms with Crippen molar-refractivity contribution in [2.75, 3.05) is 12.8 Å². The van der Waals surface area contributed by atoms with Crippen molar-refractivity contribution in [2.45, 2.75) is 39.8 Å². The highest BCUT2D eigenvalue weighted by Crippen LogP contribution is 2.30. The molecule has 0 bridgehead atoms.